The Morgan fingerprint density at radius 3 is 2.57 bits per heavy atom. The number of nitrogens with one attached hydrogen (secondary N) is 1. The van der Waals surface area contributed by atoms with Crippen LogP contribution in [0.4, 0.5) is 5.69 Å². The summed E-state index contributed by atoms with van der Waals surface area (Å²) >= 11 is 0. The second-order valence-corrected chi connectivity index (χ2v) is 4.42. The number of ether oxygens (including phenoxy) is 2. The highest BCUT2D eigenvalue weighted by atomic mass is 16.5. The van der Waals surface area contributed by atoms with Crippen LogP contribution in [0.3, 0.4) is 0 Å². The minimum absolute atomic E-state index is 0.0555. The van der Waals surface area contributed by atoms with Crippen molar-refractivity contribution >= 4 is 11.6 Å². The highest BCUT2D eigenvalue weighted by Gasteiger charge is 2.04. The molecule has 2 aromatic carbocycles. The average Bonchev–Trinajstić information content (AvgIpc) is 2.54. The summed E-state index contributed by atoms with van der Waals surface area (Å²) in [6.45, 7) is 0.384. The van der Waals surface area contributed by atoms with Crippen LogP contribution in [0.5, 0.6) is 11.5 Å². The van der Waals surface area contributed by atoms with E-state index in [0.29, 0.717) is 18.0 Å². The molecule has 0 unspecified atom stereocenters. The lowest BCUT2D eigenvalue weighted by Gasteiger charge is -2.09. The van der Waals surface area contributed by atoms with Crippen LogP contribution in [0.25, 0.3) is 0 Å². The first-order valence-corrected chi connectivity index (χ1v) is 6.57. The Balaban J connectivity index is 1.86. The van der Waals surface area contributed by atoms with Crippen molar-refractivity contribution in [3.63, 3.8) is 0 Å². The SMILES string of the molecule is COc1ccc(NC(=O)COc2cccc(CN)c2)cc1. The predicted molar refractivity (Wildman–Crippen MR) is 81.5 cm³/mol. The molecular formula is C16H18N2O3. The van der Waals surface area contributed by atoms with Crippen molar-refractivity contribution in [3.05, 3.63) is 54.1 Å². The van der Waals surface area contributed by atoms with Gasteiger partial charge < -0.3 is 20.5 Å². The Labute approximate surface area is 123 Å². The summed E-state index contributed by atoms with van der Waals surface area (Å²) in [5.41, 5.74) is 7.21. The Morgan fingerprint density at radius 1 is 1.14 bits per heavy atom. The van der Waals surface area contributed by atoms with Crippen LogP contribution in [0, 0.1) is 0 Å². The van der Waals surface area contributed by atoms with Gasteiger partial charge in [0.15, 0.2) is 6.61 Å². The van der Waals surface area contributed by atoms with Gasteiger partial charge in [0.25, 0.3) is 5.91 Å². The number of hydrogen-bond acceptors (Lipinski definition) is 4. The van der Waals surface area contributed by atoms with Crippen LogP contribution in [0.15, 0.2) is 48.5 Å². The molecule has 0 saturated heterocycles. The van der Waals surface area contributed by atoms with E-state index in [4.69, 9.17) is 15.2 Å². The van der Waals surface area contributed by atoms with Crippen molar-refractivity contribution in [2.24, 2.45) is 5.73 Å². The maximum Gasteiger partial charge on any atom is 0.262 e. The van der Waals surface area contributed by atoms with Gasteiger partial charge in [-0.2, -0.15) is 0 Å². The molecule has 2 aromatic rings. The molecular weight excluding hydrogens is 268 g/mol. The lowest BCUT2D eigenvalue weighted by Crippen LogP contribution is -2.20. The van der Waals surface area contributed by atoms with Crippen LogP contribution in [-0.4, -0.2) is 19.6 Å². The number of anilines is 1. The zero-order valence-corrected chi connectivity index (χ0v) is 11.8. The molecule has 0 spiro atoms. The van der Waals surface area contributed by atoms with E-state index in [9.17, 15) is 4.79 Å². The van der Waals surface area contributed by atoms with Gasteiger partial charge in [0.1, 0.15) is 11.5 Å². The molecule has 0 bridgehead atoms. The zero-order valence-electron chi connectivity index (χ0n) is 11.8. The molecule has 0 aliphatic heterocycles. The van der Waals surface area contributed by atoms with Gasteiger partial charge in [-0.1, -0.05) is 12.1 Å². The van der Waals surface area contributed by atoms with Crippen LogP contribution >= 0.6 is 0 Å². The lowest BCUT2D eigenvalue weighted by atomic mass is 10.2. The third kappa shape index (κ3) is 4.50. The zero-order chi connectivity index (χ0) is 15.1. The molecule has 2 rings (SSSR count). The highest BCUT2D eigenvalue weighted by Crippen LogP contribution is 2.15. The number of carbonyl (C=O) groups excluding carboxylic acids is 1. The Kier molecular flexibility index (Phi) is 5.17. The Morgan fingerprint density at radius 2 is 1.90 bits per heavy atom. The maximum atomic E-state index is 11.8. The highest BCUT2D eigenvalue weighted by molar-refractivity contribution is 5.91. The smallest absolute Gasteiger partial charge is 0.262 e. The van der Waals surface area contributed by atoms with Gasteiger partial charge in [-0.3, -0.25) is 4.79 Å². The number of methoxy groups -OCH3 is 1. The molecule has 0 atom stereocenters. The van der Waals surface area contributed by atoms with E-state index in [1.54, 1.807) is 37.4 Å². The minimum atomic E-state index is -0.224. The average molecular weight is 286 g/mol. The molecule has 0 aliphatic rings. The molecule has 0 saturated carbocycles. The van der Waals surface area contributed by atoms with E-state index in [2.05, 4.69) is 5.32 Å². The quantitative estimate of drug-likeness (QED) is 0.853. The first-order chi connectivity index (χ1) is 10.2. The molecule has 0 heterocycles. The molecule has 0 aliphatic carbocycles. The van der Waals surface area contributed by atoms with Crippen molar-refractivity contribution in [1.82, 2.24) is 0 Å². The van der Waals surface area contributed by atoms with Gasteiger partial charge in [0.05, 0.1) is 7.11 Å². The first kappa shape index (κ1) is 14.9. The van der Waals surface area contributed by atoms with E-state index >= 15 is 0 Å². The topological polar surface area (TPSA) is 73.6 Å². The molecule has 21 heavy (non-hydrogen) atoms. The maximum absolute atomic E-state index is 11.8. The molecule has 0 fully saturated rings. The first-order valence-electron chi connectivity index (χ1n) is 6.57. The standard InChI is InChI=1S/C16H18N2O3/c1-20-14-7-5-13(6-8-14)18-16(19)11-21-15-4-2-3-12(9-15)10-17/h2-9H,10-11,17H2,1H3,(H,18,19). The summed E-state index contributed by atoms with van der Waals surface area (Å²) < 4.78 is 10.5. The predicted octanol–water partition coefficient (Wildman–Crippen LogP) is 2.17. The van der Waals surface area contributed by atoms with E-state index in [-0.39, 0.29) is 12.5 Å². The number of carbonyl (C=O) groups is 1. The number of hydrogen-bond donors (Lipinski definition) is 2. The van der Waals surface area contributed by atoms with Crippen LogP contribution < -0.4 is 20.5 Å². The summed E-state index contributed by atoms with van der Waals surface area (Å²) in [5, 5.41) is 2.75. The summed E-state index contributed by atoms with van der Waals surface area (Å²) in [5.74, 6) is 1.14. The molecule has 0 radical (unpaired) electrons. The second-order valence-electron chi connectivity index (χ2n) is 4.42. The fourth-order valence-corrected chi connectivity index (χ4v) is 1.78. The van der Waals surface area contributed by atoms with Crippen LogP contribution in [0.2, 0.25) is 0 Å². The van der Waals surface area contributed by atoms with Crippen molar-refractivity contribution in [2.75, 3.05) is 19.0 Å². The molecule has 3 N–H and O–H groups in total. The molecule has 0 aromatic heterocycles. The third-order valence-electron chi connectivity index (χ3n) is 2.88. The van der Waals surface area contributed by atoms with Gasteiger partial charge in [-0.15, -0.1) is 0 Å². The molecule has 110 valence electrons. The normalized spacial score (nSPS) is 10.0. The lowest BCUT2D eigenvalue weighted by molar-refractivity contribution is -0.118. The largest absolute Gasteiger partial charge is 0.497 e. The Bertz CT molecular complexity index is 597. The number of rotatable bonds is 6. The van der Waals surface area contributed by atoms with Crippen LogP contribution in [0.1, 0.15) is 5.56 Å². The van der Waals surface area contributed by atoms with Crippen molar-refractivity contribution < 1.29 is 14.3 Å². The fraction of sp³-hybridized carbons (Fsp3) is 0.188. The van der Waals surface area contributed by atoms with Gasteiger partial charge in [0, 0.05) is 12.2 Å². The fourth-order valence-electron chi connectivity index (χ4n) is 1.78. The van der Waals surface area contributed by atoms with Crippen molar-refractivity contribution in [1.29, 1.82) is 0 Å². The van der Waals surface area contributed by atoms with Gasteiger partial charge in [-0.05, 0) is 42.0 Å². The van der Waals surface area contributed by atoms with E-state index in [1.165, 1.54) is 0 Å². The molecule has 1 amide bonds. The summed E-state index contributed by atoms with van der Waals surface area (Å²) in [4.78, 5) is 11.8. The second kappa shape index (κ2) is 7.31. The minimum Gasteiger partial charge on any atom is -0.497 e. The number of nitrogens with two attached hydrogens (primary N) is 1. The summed E-state index contributed by atoms with van der Waals surface area (Å²) in [6, 6.07) is 14.5. The third-order valence-corrected chi connectivity index (χ3v) is 2.88. The van der Waals surface area contributed by atoms with Crippen LogP contribution in [-0.2, 0) is 11.3 Å². The van der Waals surface area contributed by atoms with Gasteiger partial charge in [0.2, 0.25) is 0 Å². The summed E-state index contributed by atoms with van der Waals surface area (Å²) in [7, 11) is 1.59. The van der Waals surface area contributed by atoms with Crippen molar-refractivity contribution in [3.8, 4) is 11.5 Å². The number of benzene rings is 2. The van der Waals surface area contributed by atoms with Gasteiger partial charge in [-0.25, -0.2) is 0 Å². The molecule has 5 heteroatoms. The number of amides is 1. The van der Waals surface area contributed by atoms with E-state index < -0.39 is 0 Å². The Hall–Kier alpha value is -2.53. The van der Waals surface area contributed by atoms with Crippen molar-refractivity contribution in [2.45, 2.75) is 6.54 Å². The molecule has 5 nitrogen and oxygen atoms in total. The van der Waals surface area contributed by atoms with E-state index in [1.807, 2.05) is 18.2 Å². The van der Waals surface area contributed by atoms with Gasteiger partial charge >= 0.3 is 0 Å². The van der Waals surface area contributed by atoms with E-state index in [0.717, 1.165) is 11.3 Å². The monoisotopic (exact) mass is 286 g/mol. The summed E-state index contributed by atoms with van der Waals surface area (Å²) in [6.07, 6.45) is 0.